The molecule has 0 unspecified atom stereocenters. The minimum absolute atomic E-state index is 0.0556. The van der Waals surface area contributed by atoms with Crippen LogP contribution in [0.3, 0.4) is 0 Å². The first-order chi connectivity index (χ1) is 26.7. The molecular formula is C51H104. The smallest absolute Gasteiger partial charge is 0.0300 e. The van der Waals surface area contributed by atoms with Crippen molar-refractivity contribution >= 4 is 0 Å². The zero-order valence-electron chi connectivity index (χ0n) is 45.8. The summed E-state index contributed by atoms with van der Waals surface area (Å²) in [5.74, 6) is 1.55. The number of rotatable bonds is 3. The van der Waals surface area contributed by atoms with Gasteiger partial charge in [-0.3, -0.25) is 0 Å². The van der Waals surface area contributed by atoms with Crippen LogP contribution in [0.4, 0.5) is 0 Å². The molecule has 0 aliphatic heterocycles. The van der Waals surface area contributed by atoms with Gasteiger partial charge in [0.1, 0.15) is 0 Å². The third kappa shape index (κ3) is 31.0. The molecule has 0 amide bonds. The van der Waals surface area contributed by atoms with Gasteiger partial charge in [0, 0.05) is 11.0 Å². The van der Waals surface area contributed by atoms with Crippen LogP contribution in [0, 0.1) is 45.8 Å². The van der Waals surface area contributed by atoms with Crippen LogP contribution in [0.25, 0.3) is 0 Å². The van der Waals surface area contributed by atoms with Crippen molar-refractivity contribution in [1.29, 1.82) is 0 Å². The molecule has 6 saturated carbocycles. The minimum atomic E-state index is -1.06. The summed E-state index contributed by atoms with van der Waals surface area (Å²) in [5.41, 5.74) is 1.17. The predicted octanol–water partition coefficient (Wildman–Crippen LogP) is 19.0. The highest BCUT2D eigenvalue weighted by atomic mass is 14.3. The highest BCUT2D eigenvalue weighted by molar-refractivity contribution is 4.78. The summed E-state index contributed by atoms with van der Waals surface area (Å²) >= 11 is 0. The van der Waals surface area contributed by atoms with Gasteiger partial charge in [-0.25, -0.2) is 0 Å². The molecule has 0 nitrogen and oxygen atoms in total. The van der Waals surface area contributed by atoms with Gasteiger partial charge in [0.2, 0.25) is 0 Å². The Morgan fingerprint density at radius 3 is 1.02 bits per heavy atom. The zero-order chi connectivity index (χ0) is 45.8. The molecule has 0 saturated heterocycles. The lowest BCUT2D eigenvalue weighted by atomic mass is 9.74. The zero-order valence-corrected chi connectivity index (χ0v) is 37.8. The van der Waals surface area contributed by atoms with Crippen molar-refractivity contribution < 1.29 is 11.0 Å². The van der Waals surface area contributed by atoms with E-state index in [9.17, 15) is 0 Å². The van der Waals surface area contributed by atoms with Gasteiger partial charge in [-0.05, 0) is 71.5 Å². The van der Waals surface area contributed by atoms with Crippen LogP contribution in [0.15, 0.2) is 0 Å². The summed E-state index contributed by atoms with van der Waals surface area (Å²) in [5, 5.41) is 0. The molecule has 0 bridgehead atoms. The first-order valence-electron chi connectivity index (χ1n) is 26.7. The van der Waals surface area contributed by atoms with Gasteiger partial charge in [-0.15, -0.1) is 0 Å². The second kappa shape index (κ2) is 30.2. The standard InChI is InChI=1S/C9H18.2C8H16.2C7H14.C6H12.C6H14/c1-8-4-6-9(2,3)7-5-8;1-3-8(2)6-4-5-7-8;1-2-8-6-4-3-5-7-8;1-7-5-3-2-4-6-7;1-2-7-5-3-4-6-7;1-6-4-2-3-5-6;1-5-6(2,3)4/h8H,4-7H2,1-3H3;3-7H2,1-2H3;8H,2-7H2,1H3;2*7H,2-6H2,1H3;6H,2-5H2,1H3;5H2,1-4H3/i;;2D2;7D;2D2;6D;5D2. The Morgan fingerprint density at radius 2 is 0.804 bits per heavy atom. The molecule has 51 heavy (non-hydrogen) atoms. The van der Waals surface area contributed by atoms with Crippen LogP contribution in [0.5, 0.6) is 0 Å². The Hall–Kier alpha value is 0. The molecule has 6 aliphatic carbocycles. The van der Waals surface area contributed by atoms with E-state index in [0.717, 1.165) is 62.7 Å². The molecule has 0 N–H and O–H groups in total. The Morgan fingerprint density at radius 1 is 0.490 bits per heavy atom. The van der Waals surface area contributed by atoms with Crippen LogP contribution in [0.2, 0.25) is 0 Å². The summed E-state index contributed by atoms with van der Waals surface area (Å²) in [6.45, 7) is 26.6. The van der Waals surface area contributed by atoms with Gasteiger partial charge in [0.05, 0.1) is 0 Å². The molecule has 0 aromatic rings. The highest BCUT2D eigenvalue weighted by Gasteiger charge is 2.26. The summed E-state index contributed by atoms with van der Waals surface area (Å²) in [6.07, 6.45) is 31.7. The summed E-state index contributed by atoms with van der Waals surface area (Å²) < 4.78 is 59.4. The average Bonchev–Trinajstić information content (AvgIpc) is 3.90. The van der Waals surface area contributed by atoms with Crippen molar-refractivity contribution in [2.24, 2.45) is 45.8 Å². The molecule has 0 aromatic carbocycles. The van der Waals surface area contributed by atoms with E-state index in [1.807, 2.05) is 34.6 Å². The lowest BCUT2D eigenvalue weighted by Crippen LogP contribution is -2.19. The van der Waals surface area contributed by atoms with Crippen molar-refractivity contribution in [2.75, 3.05) is 0 Å². The lowest BCUT2D eigenvalue weighted by molar-refractivity contribution is 0.201. The molecule has 0 spiro atoms. The third-order valence-corrected chi connectivity index (χ3v) is 13.0. The van der Waals surface area contributed by atoms with Crippen LogP contribution >= 0.6 is 0 Å². The van der Waals surface area contributed by atoms with E-state index < -0.39 is 19.1 Å². The molecule has 0 heteroatoms. The number of hydrogen-bond donors (Lipinski definition) is 0. The lowest BCUT2D eigenvalue weighted by Gasteiger charge is -2.32. The second-order valence-electron chi connectivity index (χ2n) is 19.8. The molecule has 6 rings (SSSR count). The van der Waals surface area contributed by atoms with Crippen molar-refractivity contribution in [2.45, 2.75) is 282 Å². The summed E-state index contributed by atoms with van der Waals surface area (Å²) in [6, 6.07) is 0. The largest absolute Gasteiger partial charge is 0.0651 e. The van der Waals surface area contributed by atoms with Crippen molar-refractivity contribution in [3.63, 3.8) is 0 Å². The predicted molar refractivity (Wildman–Crippen MR) is 237 cm³/mol. The Labute approximate surface area is 338 Å². The maximum atomic E-state index is 7.63. The van der Waals surface area contributed by atoms with Gasteiger partial charge in [0.25, 0.3) is 0 Å². The molecule has 0 atom stereocenters. The van der Waals surface area contributed by atoms with E-state index in [4.69, 9.17) is 11.0 Å². The van der Waals surface area contributed by atoms with Gasteiger partial charge < -0.3 is 0 Å². The van der Waals surface area contributed by atoms with Crippen LogP contribution < -0.4 is 0 Å². The van der Waals surface area contributed by atoms with Gasteiger partial charge in [-0.2, -0.15) is 0 Å². The molecule has 0 heterocycles. The third-order valence-electron chi connectivity index (χ3n) is 13.0. The molecule has 6 fully saturated rings. The molecule has 6 aliphatic rings. The SMILES string of the molecule is CC1CCC(C)(C)CC1.CCC1(C)CCCC1.[2H]C([2H])(C)C(C)(C)C.[2H]C([2H])(C)C1CCCC1.[2H]C([2H])(C)C1CCCCC1.[2H]C1(C)CCCC1.[2H]C1(C)CCCCC1. The quantitative estimate of drug-likeness (QED) is 0.272. The fraction of sp³-hybridized carbons (Fsp3) is 1.00. The van der Waals surface area contributed by atoms with Crippen LogP contribution in [-0.2, 0) is 0 Å². The Bertz CT molecular complexity index is 1000. The number of hydrogen-bond acceptors (Lipinski definition) is 0. The van der Waals surface area contributed by atoms with Crippen LogP contribution in [-0.4, -0.2) is 0 Å². The minimum Gasteiger partial charge on any atom is -0.0651 e. The summed E-state index contributed by atoms with van der Waals surface area (Å²) in [4.78, 5) is 0. The van der Waals surface area contributed by atoms with Gasteiger partial charge in [0.15, 0.2) is 0 Å². The van der Waals surface area contributed by atoms with Crippen molar-refractivity contribution in [1.82, 2.24) is 0 Å². The maximum absolute atomic E-state index is 7.63. The summed E-state index contributed by atoms with van der Waals surface area (Å²) in [7, 11) is 0. The first kappa shape index (κ1) is 37.9. The molecular weight excluding hydrogens is 613 g/mol. The van der Waals surface area contributed by atoms with Crippen LogP contribution in [0.1, 0.15) is 293 Å². The highest BCUT2D eigenvalue weighted by Crippen LogP contribution is 2.40. The fourth-order valence-electron chi connectivity index (χ4n) is 7.87. The average molecular weight is 725 g/mol. The van der Waals surface area contributed by atoms with E-state index in [-0.39, 0.29) is 17.2 Å². The van der Waals surface area contributed by atoms with E-state index in [0.29, 0.717) is 17.3 Å². The van der Waals surface area contributed by atoms with E-state index in [1.54, 1.807) is 20.8 Å². The first-order valence-corrected chi connectivity index (χ1v) is 22.7. The molecule has 0 radical (unpaired) electrons. The van der Waals surface area contributed by atoms with E-state index in [2.05, 4.69) is 34.6 Å². The normalized spacial score (nSPS) is 28.3. The topological polar surface area (TPSA) is 0 Å². The van der Waals surface area contributed by atoms with Crippen molar-refractivity contribution in [3.05, 3.63) is 0 Å². The fourth-order valence-corrected chi connectivity index (χ4v) is 7.87. The van der Waals surface area contributed by atoms with Gasteiger partial charge in [-0.1, -0.05) is 257 Å². The second-order valence-corrected chi connectivity index (χ2v) is 19.8. The van der Waals surface area contributed by atoms with E-state index in [1.165, 1.54) is 122 Å². The van der Waals surface area contributed by atoms with E-state index >= 15 is 0 Å². The van der Waals surface area contributed by atoms with Gasteiger partial charge >= 0.3 is 0 Å². The maximum Gasteiger partial charge on any atom is 0.0300 e. The molecule has 308 valence electrons. The molecule has 0 aromatic heterocycles. The van der Waals surface area contributed by atoms with Crippen molar-refractivity contribution in [3.8, 4) is 0 Å². The Balaban J connectivity index is 0.000000667. The monoisotopic (exact) mass is 725 g/mol. The Kier molecular flexibility index (Phi) is 22.5.